The van der Waals surface area contributed by atoms with Gasteiger partial charge in [-0.15, -0.1) is 0 Å². The van der Waals surface area contributed by atoms with E-state index in [0.29, 0.717) is 22.6 Å². The minimum atomic E-state index is -0.293. The van der Waals surface area contributed by atoms with Crippen LogP contribution in [0.4, 0.5) is 4.39 Å². The minimum Gasteiger partial charge on any atom is -0.395 e. The van der Waals surface area contributed by atoms with Gasteiger partial charge >= 0.3 is 0 Å². The van der Waals surface area contributed by atoms with Crippen molar-refractivity contribution in [2.75, 3.05) is 26.3 Å². The Morgan fingerprint density at radius 3 is 2.50 bits per heavy atom. The Kier molecular flexibility index (Phi) is 6.06. The minimum absolute atomic E-state index is 0.0520. The molecule has 0 radical (unpaired) electrons. The molecule has 6 nitrogen and oxygen atoms in total. The Bertz CT molecular complexity index is 994. The number of hydrogen-bond acceptors (Lipinski definition) is 4. The number of aromatic nitrogens is 2. The lowest BCUT2D eigenvalue weighted by molar-refractivity contribution is -0.131. The molecule has 0 saturated carbocycles. The molecule has 0 spiro atoms. The number of nitrogens with zero attached hydrogens (tertiary/aromatic N) is 3. The summed E-state index contributed by atoms with van der Waals surface area (Å²) in [4.78, 5) is 18.9. The highest BCUT2D eigenvalue weighted by atomic mass is 19.1. The number of aliphatic hydroxyl groups is 2. The molecule has 28 heavy (non-hydrogen) atoms. The third kappa shape index (κ3) is 4.05. The number of carbonyl (C=O) groups is 1. The van der Waals surface area contributed by atoms with Gasteiger partial charge in [0.05, 0.1) is 31.0 Å². The molecule has 0 unspecified atom stereocenters. The number of imidazole rings is 1. The fraction of sp³-hybridized carbons (Fsp3) is 0.333. The van der Waals surface area contributed by atoms with Crippen molar-refractivity contribution in [3.05, 3.63) is 59.2 Å². The number of fused-ring (bicyclic) bond motifs is 1. The van der Waals surface area contributed by atoms with Crippen LogP contribution in [-0.4, -0.2) is 56.7 Å². The summed E-state index contributed by atoms with van der Waals surface area (Å²) in [7, 11) is 0. The standard InChI is InChI=1S/C21H24FN3O3/c1-14-3-6-19-23-21(16-4-5-17(22)15(2)11-16)18(25(19)13-14)12-20(28)24(7-9-26)8-10-27/h3-6,11,13,26-27H,7-10,12H2,1-2H3. The topological polar surface area (TPSA) is 78.1 Å². The van der Waals surface area contributed by atoms with Gasteiger partial charge in [0.25, 0.3) is 0 Å². The van der Waals surface area contributed by atoms with Gasteiger partial charge in [0, 0.05) is 24.8 Å². The van der Waals surface area contributed by atoms with Gasteiger partial charge in [0.1, 0.15) is 11.5 Å². The van der Waals surface area contributed by atoms with Crippen LogP contribution in [0.15, 0.2) is 36.5 Å². The molecule has 2 heterocycles. The number of benzene rings is 1. The number of amides is 1. The zero-order chi connectivity index (χ0) is 20.3. The zero-order valence-corrected chi connectivity index (χ0v) is 16.0. The molecule has 0 saturated heterocycles. The fourth-order valence-electron chi connectivity index (χ4n) is 3.25. The van der Waals surface area contributed by atoms with Crippen LogP contribution < -0.4 is 0 Å². The van der Waals surface area contributed by atoms with E-state index in [1.165, 1.54) is 11.0 Å². The highest BCUT2D eigenvalue weighted by Gasteiger charge is 2.21. The number of carbonyl (C=O) groups excluding carboxylic acids is 1. The van der Waals surface area contributed by atoms with Crippen LogP contribution >= 0.6 is 0 Å². The quantitative estimate of drug-likeness (QED) is 0.653. The van der Waals surface area contributed by atoms with E-state index >= 15 is 0 Å². The second kappa shape index (κ2) is 8.50. The van der Waals surface area contributed by atoms with Crippen molar-refractivity contribution >= 4 is 11.6 Å². The lowest BCUT2D eigenvalue weighted by Crippen LogP contribution is -2.37. The van der Waals surface area contributed by atoms with Crippen LogP contribution in [-0.2, 0) is 11.2 Å². The monoisotopic (exact) mass is 385 g/mol. The van der Waals surface area contributed by atoms with E-state index < -0.39 is 0 Å². The van der Waals surface area contributed by atoms with Gasteiger partial charge in [-0.2, -0.15) is 0 Å². The van der Waals surface area contributed by atoms with Crippen molar-refractivity contribution in [3.8, 4) is 11.3 Å². The maximum atomic E-state index is 13.7. The summed E-state index contributed by atoms with van der Waals surface area (Å²) >= 11 is 0. The lowest BCUT2D eigenvalue weighted by atomic mass is 10.1. The van der Waals surface area contributed by atoms with E-state index in [0.717, 1.165) is 11.1 Å². The number of halogens is 1. The largest absolute Gasteiger partial charge is 0.395 e. The van der Waals surface area contributed by atoms with Crippen molar-refractivity contribution < 1.29 is 19.4 Å². The average Bonchev–Trinajstić information content (AvgIpc) is 3.01. The predicted molar refractivity (Wildman–Crippen MR) is 105 cm³/mol. The number of hydrogen-bond donors (Lipinski definition) is 2. The van der Waals surface area contributed by atoms with Gasteiger partial charge in [0.15, 0.2) is 0 Å². The highest BCUT2D eigenvalue weighted by Crippen LogP contribution is 2.27. The van der Waals surface area contributed by atoms with Gasteiger partial charge in [-0.25, -0.2) is 9.37 Å². The summed E-state index contributed by atoms with van der Waals surface area (Å²) in [5, 5.41) is 18.4. The molecule has 0 fully saturated rings. The van der Waals surface area contributed by atoms with Crippen LogP contribution in [0.3, 0.4) is 0 Å². The Hall–Kier alpha value is -2.77. The van der Waals surface area contributed by atoms with Gasteiger partial charge < -0.3 is 19.5 Å². The number of aliphatic hydroxyl groups excluding tert-OH is 2. The van der Waals surface area contributed by atoms with E-state index in [-0.39, 0.29) is 44.4 Å². The number of aryl methyl sites for hydroxylation is 2. The van der Waals surface area contributed by atoms with Crippen LogP contribution in [0.5, 0.6) is 0 Å². The molecule has 148 valence electrons. The fourth-order valence-corrected chi connectivity index (χ4v) is 3.25. The van der Waals surface area contributed by atoms with Crippen molar-refractivity contribution in [1.82, 2.24) is 14.3 Å². The third-order valence-corrected chi connectivity index (χ3v) is 4.71. The van der Waals surface area contributed by atoms with E-state index in [9.17, 15) is 19.4 Å². The molecule has 1 aromatic carbocycles. The first-order chi connectivity index (χ1) is 13.4. The SMILES string of the molecule is Cc1ccc2nc(-c3ccc(F)c(C)c3)c(CC(=O)N(CCO)CCO)n2c1. The van der Waals surface area contributed by atoms with Gasteiger partial charge in [-0.1, -0.05) is 6.07 Å². The molecule has 7 heteroatoms. The Balaban J connectivity index is 2.09. The smallest absolute Gasteiger partial charge is 0.228 e. The van der Waals surface area contributed by atoms with Crippen LogP contribution in [0.2, 0.25) is 0 Å². The molecule has 0 aliphatic heterocycles. The summed E-state index contributed by atoms with van der Waals surface area (Å²) in [6, 6.07) is 8.59. The second-order valence-corrected chi connectivity index (χ2v) is 6.81. The first-order valence-electron chi connectivity index (χ1n) is 9.18. The first-order valence-corrected chi connectivity index (χ1v) is 9.18. The molecule has 0 bridgehead atoms. The Labute approximate surface area is 162 Å². The van der Waals surface area contributed by atoms with Crippen molar-refractivity contribution in [3.63, 3.8) is 0 Å². The summed E-state index contributed by atoms with van der Waals surface area (Å²) < 4.78 is 15.6. The van der Waals surface area contributed by atoms with Crippen LogP contribution in [0, 0.1) is 19.7 Å². The Morgan fingerprint density at radius 2 is 1.86 bits per heavy atom. The second-order valence-electron chi connectivity index (χ2n) is 6.81. The van der Waals surface area contributed by atoms with Gasteiger partial charge in [0.2, 0.25) is 5.91 Å². The van der Waals surface area contributed by atoms with Crippen molar-refractivity contribution in [1.29, 1.82) is 0 Å². The van der Waals surface area contributed by atoms with Crippen molar-refractivity contribution in [2.24, 2.45) is 0 Å². The maximum absolute atomic E-state index is 13.7. The van der Waals surface area contributed by atoms with Crippen molar-refractivity contribution in [2.45, 2.75) is 20.3 Å². The molecule has 2 aromatic heterocycles. The lowest BCUT2D eigenvalue weighted by Gasteiger charge is -2.21. The molecule has 0 atom stereocenters. The van der Waals surface area contributed by atoms with Crippen LogP contribution in [0.1, 0.15) is 16.8 Å². The summed E-state index contributed by atoms with van der Waals surface area (Å²) in [5.41, 5.74) is 4.26. The molecule has 2 N–H and O–H groups in total. The first kappa shape index (κ1) is 20.0. The number of rotatable bonds is 7. The van der Waals surface area contributed by atoms with E-state index in [4.69, 9.17) is 0 Å². The highest BCUT2D eigenvalue weighted by molar-refractivity contribution is 5.82. The number of pyridine rings is 1. The van der Waals surface area contributed by atoms with E-state index in [1.807, 2.05) is 29.7 Å². The maximum Gasteiger partial charge on any atom is 0.228 e. The summed E-state index contributed by atoms with van der Waals surface area (Å²) in [5.74, 6) is -0.510. The molecular weight excluding hydrogens is 361 g/mol. The molecule has 1 amide bonds. The molecule has 0 aliphatic rings. The van der Waals surface area contributed by atoms with Gasteiger partial charge in [-0.05, 0) is 49.2 Å². The molecule has 0 aliphatic carbocycles. The predicted octanol–water partition coefficient (Wildman–Crippen LogP) is 2.11. The molecule has 3 aromatic rings. The van der Waals surface area contributed by atoms with E-state index in [1.54, 1.807) is 19.1 Å². The third-order valence-electron chi connectivity index (χ3n) is 4.71. The zero-order valence-electron chi connectivity index (χ0n) is 16.0. The summed E-state index contributed by atoms with van der Waals surface area (Å²) in [6.07, 6.45) is 1.96. The summed E-state index contributed by atoms with van der Waals surface area (Å²) in [6.45, 7) is 3.59. The Morgan fingerprint density at radius 1 is 1.14 bits per heavy atom. The molecule has 3 rings (SSSR count). The van der Waals surface area contributed by atoms with Crippen LogP contribution in [0.25, 0.3) is 16.9 Å². The molecular formula is C21H24FN3O3. The van der Waals surface area contributed by atoms with E-state index in [2.05, 4.69) is 4.98 Å². The van der Waals surface area contributed by atoms with Gasteiger partial charge in [-0.3, -0.25) is 4.79 Å². The normalized spacial score (nSPS) is 11.2. The average molecular weight is 385 g/mol.